The van der Waals surface area contributed by atoms with Crippen LogP contribution in [-0.2, 0) is 30.3 Å². The number of carbonyl (C=O) groups excluding carboxylic acids is 3. The zero-order valence-electron chi connectivity index (χ0n) is 18.4. The number of carboxylic acid groups (broad SMARTS) is 1. The molecule has 3 aliphatic rings. The number of ether oxygens (including phenoxy) is 2. The van der Waals surface area contributed by atoms with E-state index in [0.717, 1.165) is 12.8 Å². The number of fused-ring (bicyclic) bond motifs is 1. The zero-order valence-corrected chi connectivity index (χ0v) is 18.4. The van der Waals surface area contributed by atoms with Crippen LogP contribution in [0.15, 0.2) is 30.3 Å². The Morgan fingerprint density at radius 3 is 2.55 bits per heavy atom. The predicted molar refractivity (Wildman–Crippen MR) is 115 cm³/mol. The number of amides is 3. The maximum absolute atomic E-state index is 13.2. The van der Waals surface area contributed by atoms with Crippen LogP contribution < -0.4 is 0 Å². The summed E-state index contributed by atoms with van der Waals surface area (Å²) in [5.41, 5.74) is 0.716. The fourth-order valence-corrected chi connectivity index (χ4v) is 4.70. The minimum atomic E-state index is -1.40. The molecule has 4 rings (SSSR count). The van der Waals surface area contributed by atoms with Crippen LogP contribution in [0.1, 0.15) is 24.8 Å². The third-order valence-electron chi connectivity index (χ3n) is 6.48. The Morgan fingerprint density at radius 2 is 1.85 bits per heavy atom. The molecule has 10 heteroatoms. The molecule has 3 atom stereocenters. The van der Waals surface area contributed by atoms with Crippen LogP contribution in [-0.4, -0.2) is 101 Å². The van der Waals surface area contributed by atoms with Crippen molar-refractivity contribution in [3.05, 3.63) is 35.9 Å². The first kappa shape index (κ1) is 23.0. The molecular formula is C23H29N3O7. The SMILES string of the molecule is O=C(O)[C@H](Cc1ccccc1)OC(=O)N1C[C@@H]2CCCN2C(=O)[C@@H]1CC(=O)N1CCOCC1. The van der Waals surface area contributed by atoms with E-state index in [1.807, 2.05) is 6.07 Å². The molecule has 0 saturated carbocycles. The van der Waals surface area contributed by atoms with Crippen molar-refractivity contribution in [3.63, 3.8) is 0 Å². The number of carbonyl (C=O) groups is 4. The average Bonchev–Trinajstić information content (AvgIpc) is 3.30. The largest absolute Gasteiger partial charge is 0.478 e. The summed E-state index contributed by atoms with van der Waals surface area (Å²) >= 11 is 0. The topological polar surface area (TPSA) is 117 Å². The van der Waals surface area contributed by atoms with Gasteiger partial charge in [-0.05, 0) is 18.4 Å². The number of morpholine rings is 1. The number of nitrogens with zero attached hydrogens (tertiary/aromatic N) is 3. The predicted octanol–water partition coefficient (Wildman–Crippen LogP) is 0.743. The smallest absolute Gasteiger partial charge is 0.411 e. The van der Waals surface area contributed by atoms with E-state index in [-0.39, 0.29) is 37.2 Å². The fourth-order valence-electron chi connectivity index (χ4n) is 4.70. The number of benzene rings is 1. The molecule has 3 aliphatic heterocycles. The Kier molecular flexibility index (Phi) is 7.12. The Balaban J connectivity index is 1.49. The molecule has 0 aliphatic carbocycles. The van der Waals surface area contributed by atoms with Crippen LogP contribution in [0.3, 0.4) is 0 Å². The van der Waals surface area contributed by atoms with E-state index in [1.165, 1.54) is 4.90 Å². The Hall–Kier alpha value is -3.14. The van der Waals surface area contributed by atoms with E-state index in [9.17, 15) is 24.3 Å². The molecule has 3 fully saturated rings. The van der Waals surface area contributed by atoms with Gasteiger partial charge in [-0.1, -0.05) is 30.3 Å². The fraction of sp³-hybridized carbons (Fsp3) is 0.565. The lowest BCUT2D eigenvalue weighted by Crippen LogP contribution is -2.62. The summed E-state index contributed by atoms with van der Waals surface area (Å²) in [6.45, 7) is 2.57. The standard InChI is InChI=1S/C23H29N3O7/c27-20(24-9-11-32-12-10-24)14-18-21(28)25-8-4-7-17(25)15-26(18)23(31)33-19(22(29)30)13-16-5-2-1-3-6-16/h1-3,5-6,17-19H,4,7-15H2,(H,29,30)/t17-,18-,19-/m0/s1. The first-order chi connectivity index (χ1) is 15.9. The van der Waals surface area contributed by atoms with Gasteiger partial charge in [0.15, 0.2) is 0 Å². The highest BCUT2D eigenvalue weighted by molar-refractivity contribution is 5.92. The van der Waals surface area contributed by atoms with Gasteiger partial charge in [0.2, 0.25) is 17.9 Å². The van der Waals surface area contributed by atoms with Crippen molar-refractivity contribution in [2.45, 2.75) is 43.9 Å². The molecule has 10 nitrogen and oxygen atoms in total. The third kappa shape index (κ3) is 5.27. The Bertz CT molecular complexity index is 887. The molecule has 0 aromatic heterocycles. The van der Waals surface area contributed by atoms with Crippen LogP contribution >= 0.6 is 0 Å². The Morgan fingerprint density at radius 1 is 1.12 bits per heavy atom. The lowest BCUT2D eigenvalue weighted by molar-refractivity contribution is -0.151. The van der Waals surface area contributed by atoms with Crippen LogP contribution in [0.25, 0.3) is 0 Å². The van der Waals surface area contributed by atoms with Gasteiger partial charge in [-0.25, -0.2) is 9.59 Å². The second-order valence-electron chi connectivity index (χ2n) is 8.59. The number of carboxylic acids is 1. The first-order valence-electron chi connectivity index (χ1n) is 11.3. The summed E-state index contributed by atoms with van der Waals surface area (Å²) in [5, 5.41) is 9.62. The van der Waals surface area contributed by atoms with E-state index in [0.29, 0.717) is 38.4 Å². The maximum atomic E-state index is 13.2. The van der Waals surface area contributed by atoms with Gasteiger partial charge in [0.25, 0.3) is 0 Å². The average molecular weight is 459 g/mol. The molecule has 0 unspecified atom stereocenters. The molecule has 0 spiro atoms. The summed E-state index contributed by atoms with van der Waals surface area (Å²) in [5.74, 6) is -1.78. The van der Waals surface area contributed by atoms with Crippen LogP contribution in [0, 0.1) is 0 Å². The normalized spacial score (nSPS) is 23.8. The minimum absolute atomic E-state index is 0.0105. The highest BCUT2D eigenvalue weighted by Crippen LogP contribution is 2.28. The van der Waals surface area contributed by atoms with Crippen LogP contribution in [0.2, 0.25) is 0 Å². The molecule has 3 heterocycles. The van der Waals surface area contributed by atoms with E-state index in [4.69, 9.17) is 9.47 Å². The first-order valence-corrected chi connectivity index (χ1v) is 11.3. The second kappa shape index (κ2) is 10.2. The number of hydrogen-bond acceptors (Lipinski definition) is 6. The van der Waals surface area contributed by atoms with E-state index in [2.05, 4.69) is 0 Å². The van der Waals surface area contributed by atoms with Crippen molar-refractivity contribution in [1.29, 1.82) is 0 Å². The maximum Gasteiger partial charge on any atom is 0.411 e. The second-order valence-corrected chi connectivity index (χ2v) is 8.59. The van der Waals surface area contributed by atoms with E-state index in [1.54, 1.807) is 34.1 Å². The quantitative estimate of drug-likeness (QED) is 0.667. The minimum Gasteiger partial charge on any atom is -0.478 e. The van der Waals surface area contributed by atoms with Gasteiger partial charge >= 0.3 is 12.1 Å². The summed E-state index contributed by atoms with van der Waals surface area (Å²) < 4.78 is 10.7. The van der Waals surface area contributed by atoms with Crippen molar-refractivity contribution < 1.29 is 33.8 Å². The molecule has 1 aromatic carbocycles. The van der Waals surface area contributed by atoms with Crippen molar-refractivity contribution in [3.8, 4) is 0 Å². The highest BCUT2D eigenvalue weighted by atomic mass is 16.6. The van der Waals surface area contributed by atoms with Crippen molar-refractivity contribution >= 4 is 23.9 Å². The van der Waals surface area contributed by atoms with Gasteiger partial charge in [0, 0.05) is 38.6 Å². The molecular weight excluding hydrogens is 430 g/mol. The number of hydrogen-bond donors (Lipinski definition) is 1. The van der Waals surface area contributed by atoms with Gasteiger partial charge in [0.1, 0.15) is 6.04 Å². The molecule has 33 heavy (non-hydrogen) atoms. The van der Waals surface area contributed by atoms with Gasteiger partial charge in [-0.2, -0.15) is 0 Å². The van der Waals surface area contributed by atoms with Crippen LogP contribution in [0.5, 0.6) is 0 Å². The number of rotatable bonds is 6. The molecule has 0 radical (unpaired) electrons. The van der Waals surface area contributed by atoms with Crippen LogP contribution in [0.4, 0.5) is 4.79 Å². The van der Waals surface area contributed by atoms with Gasteiger partial charge in [-0.3, -0.25) is 14.5 Å². The molecule has 1 aromatic rings. The molecule has 3 saturated heterocycles. The highest BCUT2D eigenvalue weighted by Gasteiger charge is 2.46. The molecule has 3 amide bonds. The lowest BCUT2D eigenvalue weighted by Gasteiger charge is -2.42. The monoisotopic (exact) mass is 459 g/mol. The van der Waals surface area contributed by atoms with E-state index < -0.39 is 24.2 Å². The lowest BCUT2D eigenvalue weighted by atomic mass is 10.0. The summed E-state index contributed by atoms with van der Waals surface area (Å²) in [4.78, 5) is 55.6. The van der Waals surface area contributed by atoms with Gasteiger partial charge in [0.05, 0.1) is 19.6 Å². The summed E-state index contributed by atoms with van der Waals surface area (Å²) in [6.07, 6.45) is -0.837. The van der Waals surface area contributed by atoms with Crippen molar-refractivity contribution in [2.24, 2.45) is 0 Å². The Labute approximate surface area is 192 Å². The van der Waals surface area contributed by atoms with Crippen molar-refractivity contribution in [1.82, 2.24) is 14.7 Å². The van der Waals surface area contributed by atoms with Gasteiger partial charge < -0.3 is 24.4 Å². The zero-order chi connectivity index (χ0) is 23.4. The number of piperazine rings is 1. The molecule has 178 valence electrons. The molecule has 0 bridgehead atoms. The van der Waals surface area contributed by atoms with Gasteiger partial charge in [-0.15, -0.1) is 0 Å². The number of aliphatic carboxylic acids is 1. The van der Waals surface area contributed by atoms with Crippen molar-refractivity contribution in [2.75, 3.05) is 39.4 Å². The summed E-state index contributed by atoms with van der Waals surface area (Å²) in [6, 6.07) is 7.74. The molecule has 1 N–H and O–H groups in total. The summed E-state index contributed by atoms with van der Waals surface area (Å²) in [7, 11) is 0. The van der Waals surface area contributed by atoms with E-state index >= 15 is 0 Å². The third-order valence-corrected chi connectivity index (χ3v) is 6.48.